The van der Waals surface area contributed by atoms with Crippen LogP contribution < -0.4 is 11.1 Å². The highest BCUT2D eigenvalue weighted by atomic mass is 35.5. The number of aryl methyl sites for hydroxylation is 1. The molecule has 1 aromatic heterocycles. The molecule has 1 heterocycles. The lowest BCUT2D eigenvalue weighted by atomic mass is 10.2. The van der Waals surface area contributed by atoms with Gasteiger partial charge in [-0.15, -0.1) is 0 Å². The van der Waals surface area contributed by atoms with Crippen molar-refractivity contribution in [3.8, 4) is 0 Å². The molecule has 3 N–H and O–H groups in total. The monoisotopic (exact) mass is 278 g/mol. The molecule has 0 amide bonds. The van der Waals surface area contributed by atoms with Crippen molar-refractivity contribution < 1.29 is 4.92 Å². The molecule has 0 spiro atoms. The van der Waals surface area contributed by atoms with Gasteiger partial charge in [-0.25, -0.2) is 4.98 Å². The second kappa shape index (κ2) is 5.11. The third-order valence-electron chi connectivity index (χ3n) is 2.48. The Morgan fingerprint density at radius 2 is 2.11 bits per heavy atom. The second-order valence-electron chi connectivity index (χ2n) is 3.98. The lowest BCUT2D eigenvalue weighted by Crippen LogP contribution is -2.00. The average Bonchev–Trinajstić information content (AvgIpc) is 2.33. The fourth-order valence-electron chi connectivity index (χ4n) is 1.52. The molecule has 0 saturated carbocycles. The molecule has 7 heteroatoms. The Morgan fingerprint density at radius 3 is 2.74 bits per heavy atom. The Kier molecular flexibility index (Phi) is 3.52. The summed E-state index contributed by atoms with van der Waals surface area (Å²) in [7, 11) is 0. The Balaban J connectivity index is 2.32. The van der Waals surface area contributed by atoms with Gasteiger partial charge < -0.3 is 11.1 Å². The molecular weight excluding hydrogens is 268 g/mol. The predicted octanol–water partition coefficient (Wildman–Crippen LogP) is 3.28. The molecule has 0 radical (unpaired) electrons. The number of pyridine rings is 1. The summed E-state index contributed by atoms with van der Waals surface area (Å²) in [5, 5.41) is 14.3. The van der Waals surface area contributed by atoms with E-state index in [0.717, 1.165) is 5.56 Å². The number of nitrogen functional groups attached to an aromatic ring is 1. The van der Waals surface area contributed by atoms with Crippen molar-refractivity contribution in [3.63, 3.8) is 0 Å². The van der Waals surface area contributed by atoms with Crippen LogP contribution in [0.1, 0.15) is 5.56 Å². The van der Waals surface area contributed by atoms with E-state index in [1.165, 1.54) is 12.1 Å². The van der Waals surface area contributed by atoms with Crippen molar-refractivity contribution in [2.45, 2.75) is 6.92 Å². The maximum Gasteiger partial charge on any atom is 0.276 e. The molecule has 0 aliphatic heterocycles. The largest absolute Gasteiger partial charge is 0.383 e. The van der Waals surface area contributed by atoms with Crippen molar-refractivity contribution in [2.24, 2.45) is 0 Å². The van der Waals surface area contributed by atoms with Crippen LogP contribution in [0.3, 0.4) is 0 Å². The van der Waals surface area contributed by atoms with Crippen LogP contribution in [-0.2, 0) is 0 Å². The second-order valence-corrected chi connectivity index (χ2v) is 4.39. The van der Waals surface area contributed by atoms with Gasteiger partial charge in [0.05, 0.1) is 17.1 Å². The number of nitrogens with one attached hydrogen (secondary N) is 1. The summed E-state index contributed by atoms with van der Waals surface area (Å²) >= 11 is 6.00. The third kappa shape index (κ3) is 3.11. The van der Waals surface area contributed by atoms with E-state index in [1.54, 1.807) is 12.1 Å². The zero-order valence-corrected chi connectivity index (χ0v) is 10.8. The molecule has 0 saturated heterocycles. The smallest absolute Gasteiger partial charge is 0.276 e. The first kappa shape index (κ1) is 13.1. The normalized spacial score (nSPS) is 10.2. The number of hydrogen-bond donors (Lipinski definition) is 2. The topological polar surface area (TPSA) is 94.1 Å². The first-order chi connectivity index (χ1) is 8.95. The van der Waals surface area contributed by atoms with Crippen LogP contribution in [0.2, 0.25) is 5.02 Å². The van der Waals surface area contributed by atoms with Crippen molar-refractivity contribution in [2.75, 3.05) is 11.1 Å². The Bertz CT molecular complexity index is 646. The molecule has 0 aliphatic rings. The first-order valence-corrected chi connectivity index (χ1v) is 5.78. The summed E-state index contributed by atoms with van der Waals surface area (Å²) in [4.78, 5) is 14.2. The molecule has 2 aromatic rings. The fourth-order valence-corrected chi connectivity index (χ4v) is 1.71. The van der Waals surface area contributed by atoms with Gasteiger partial charge >= 0.3 is 0 Å². The van der Waals surface area contributed by atoms with Gasteiger partial charge in [0.25, 0.3) is 5.69 Å². The number of hydrogen-bond acceptors (Lipinski definition) is 5. The summed E-state index contributed by atoms with van der Waals surface area (Å²) in [6.45, 7) is 1.88. The van der Waals surface area contributed by atoms with E-state index in [4.69, 9.17) is 17.3 Å². The van der Waals surface area contributed by atoms with Crippen molar-refractivity contribution >= 4 is 34.6 Å². The highest BCUT2D eigenvalue weighted by Crippen LogP contribution is 2.25. The highest BCUT2D eigenvalue weighted by molar-refractivity contribution is 6.31. The highest BCUT2D eigenvalue weighted by Gasteiger charge is 2.10. The molecular formula is C12H11ClN4O2. The van der Waals surface area contributed by atoms with Crippen LogP contribution in [0.25, 0.3) is 0 Å². The van der Waals surface area contributed by atoms with Crippen molar-refractivity contribution in [1.29, 1.82) is 0 Å². The van der Waals surface area contributed by atoms with E-state index < -0.39 is 4.92 Å². The maximum atomic E-state index is 10.7. The molecule has 0 aliphatic carbocycles. The Hall–Kier alpha value is -2.34. The summed E-state index contributed by atoms with van der Waals surface area (Å²) in [5.74, 6) is 0.376. The summed E-state index contributed by atoms with van der Waals surface area (Å²) in [5.41, 5.74) is 7.03. The van der Waals surface area contributed by atoms with E-state index >= 15 is 0 Å². The van der Waals surface area contributed by atoms with E-state index in [0.29, 0.717) is 16.5 Å². The van der Waals surface area contributed by atoms with Crippen LogP contribution in [0.5, 0.6) is 0 Å². The van der Waals surface area contributed by atoms with Crippen LogP contribution in [0, 0.1) is 17.0 Å². The SMILES string of the molecule is Cc1ccc(Nc2cc([N+](=O)[O-])cc(N)n2)cc1Cl. The standard InChI is InChI=1S/C12H11ClN4O2/c1-7-2-3-8(4-10(7)13)15-12-6-9(17(18)19)5-11(14)16-12/h2-6H,1H3,(H3,14,15,16). The zero-order valence-electron chi connectivity index (χ0n) is 10.1. The Labute approximate surface area is 114 Å². The number of anilines is 3. The van der Waals surface area contributed by atoms with E-state index in [9.17, 15) is 10.1 Å². The molecule has 98 valence electrons. The van der Waals surface area contributed by atoms with Crippen LogP contribution in [0.15, 0.2) is 30.3 Å². The van der Waals surface area contributed by atoms with Crippen LogP contribution >= 0.6 is 11.6 Å². The first-order valence-electron chi connectivity index (χ1n) is 5.41. The summed E-state index contributed by atoms with van der Waals surface area (Å²) in [6.07, 6.45) is 0. The van der Waals surface area contributed by atoms with Gasteiger partial charge in [-0.3, -0.25) is 10.1 Å². The lowest BCUT2D eigenvalue weighted by Gasteiger charge is -2.07. The molecule has 0 bridgehead atoms. The Morgan fingerprint density at radius 1 is 1.37 bits per heavy atom. The molecule has 19 heavy (non-hydrogen) atoms. The maximum absolute atomic E-state index is 10.7. The average molecular weight is 279 g/mol. The number of nitrogens with zero attached hydrogens (tertiary/aromatic N) is 2. The third-order valence-corrected chi connectivity index (χ3v) is 2.89. The number of nitro groups is 1. The summed E-state index contributed by atoms with van der Waals surface area (Å²) < 4.78 is 0. The van der Waals surface area contributed by atoms with Gasteiger partial charge in [0.1, 0.15) is 11.6 Å². The van der Waals surface area contributed by atoms with Gasteiger partial charge in [-0.1, -0.05) is 17.7 Å². The predicted molar refractivity (Wildman–Crippen MR) is 74.8 cm³/mol. The van der Waals surface area contributed by atoms with Crippen molar-refractivity contribution in [3.05, 3.63) is 51.0 Å². The quantitative estimate of drug-likeness (QED) is 0.664. The van der Waals surface area contributed by atoms with Gasteiger partial charge in [0, 0.05) is 10.7 Å². The van der Waals surface area contributed by atoms with Crippen LogP contribution in [0.4, 0.5) is 23.0 Å². The minimum Gasteiger partial charge on any atom is -0.383 e. The minimum absolute atomic E-state index is 0.0786. The van der Waals surface area contributed by atoms with E-state index in [-0.39, 0.29) is 11.5 Å². The number of nitrogens with two attached hydrogens (primary N) is 1. The number of rotatable bonds is 3. The van der Waals surface area contributed by atoms with Gasteiger partial charge in [-0.2, -0.15) is 0 Å². The van der Waals surface area contributed by atoms with Gasteiger partial charge in [0.2, 0.25) is 0 Å². The van der Waals surface area contributed by atoms with Crippen molar-refractivity contribution in [1.82, 2.24) is 4.98 Å². The van der Waals surface area contributed by atoms with Gasteiger partial charge in [-0.05, 0) is 24.6 Å². The number of aromatic nitrogens is 1. The van der Waals surface area contributed by atoms with Crippen LogP contribution in [-0.4, -0.2) is 9.91 Å². The molecule has 2 rings (SSSR count). The van der Waals surface area contributed by atoms with Gasteiger partial charge in [0.15, 0.2) is 0 Å². The zero-order chi connectivity index (χ0) is 14.0. The minimum atomic E-state index is -0.522. The molecule has 0 fully saturated rings. The lowest BCUT2D eigenvalue weighted by molar-refractivity contribution is -0.384. The summed E-state index contributed by atoms with van der Waals surface area (Å²) in [6, 6.07) is 7.87. The molecule has 6 nitrogen and oxygen atoms in total. The molecule has 0 unspecified atom stereocenters. The molecule has 1 aromatic carbocycles. The molecule has 0 atom stereocenters. The van der Waals surface area contributed by atoms with E-state index in [1.807, 2.05) is 13.0 Å². The number of benzene rings is 1. The number of halogens is 1. The van der Waals surface area contributed by atoms with E-state index in [2.05, 4.69) is 10.3 Å². The fraction of sp³-hybridized carbons (Fsp3) is 0.0833.